The first-order valence-electron chi connectivity index (χ1n) is 7.14. The summed E-state index contributed by atoms with van der Waals surface area (Å²) in [4.78, 5) is 12.9. The molecule has 0 fully saturated rings. The van der Waals surface area contributed by atoms with Crippen LogP contribution in [0.15, 0.2) is 33.9 Å². The number of ether oxygens (including phenoxy) is 2. The molecule has 0 saturated carbocycles. The number of aromatic nitrogens is 4. The summed E-state index contributed by atoms with van der Waals surface area (Å²) in [5.74, 6) is 3.27. The summed E-state index contributed by atoms with van der Waals surface area (Å²) in [6.45, 7) is 2.10. The van der Waals surface area contributed by atoms with Gasteiger partial charge in [0, 0.05) is 17.3 Å². The maximum atomic E-state index is 5.72. The zero-order chi connectivity index (χ0) is 16.5. The molecule has 9 heteroatoms. The molecule has 0 atom stereocenters. The summed E-state index contributed by atoms with van der Waals surface area (Å²) in [6.07, 6.45) is 0. The van der Waals surface area contributed by atoms with E-state index in [-0.39, 0.29) is 6.79 Å². The highest BCUT2D eigenvalue weighted by Crippen LogP contribution is 2.35. The predicted molar refractivity (Wildman–Crippen MR) is 86.6 cm³/mol. The van der Waals surface area contributed by atoms with Crippen molar-refractivity contribution >= 4 is 17.6 Å². The van der Waals surface area contributed by atoms with E-state index in [1.807, 2.05) is 25.1 Å². The fourth-order valence-electron chi connectivity index (χ4n) is 2.22. The third-order valence-corrected chi connectivity index (χ3v) is 4.11. The number of benzene rings is 1. The molecule has 0 aliphatic carbocycles. The van der Waals surface area contributed by atoms with Crippen LogP contribution in [0.3, 0.4) is 0 Å². The molecule has 0 saturated heterocycles. The SMILES string of the molecule is Cc1cc(N)nc(SCc2nc(-c3ccc4c(c3)OCO4)no2)n1. The third kappa shape index (κ3) is 2.98. The standard InChI is InChI=1S/C15H13N5O3S/c1-8-4-12(16)18-15(17-8)24-6-13-19-14(20-23-13)9-2-3-10-11(5-9)22-7-21-10/h2-5H,6-7H2,1H3,(H2,16,17,18). The molecule has 2 aromatic heterocycles. The van der Waals surface area contributed by atoms with Gasteiger partial charge in [0.15, 0.2) is 16.7 Å². The highest BCUT2D eigenvalue weighted by Gasteiger charge is 2.16. The Morgan fingerprint density at radius 1 is 1.12 bits per heavy atom. The highest BCUT2D eigenvalue weighted by molar-refractivity contribution is 7.98. The van der Waals surface area contributed by atoms with Crippen molar-refractivity contribution in [3.63, 3.8) is 0 Å². The lowest BCUT2D eigenvalue weighted by Crippen LogP contribution is -1.96. The second-order valence-electron chi connectivity index (χ2n) is 5.09. The van der Waals surface area contributed by atoms with E-state index in [2.05, 4.69) is 20.1 Å². The Labute approximate surface area is 141 Å². The quantitative estimate of drug-likeness (QED) is 0.564. The second kappa shape index (κ2) is 6.00. The number of hydrogen-bond acceptors (Lipinski definition) is 9. The molecule has 1 aromatic carbocycles. The monoisotopic (exact) mass is 343 g/mol. The van der Waals surface area contributed by atoms with Gasteiger partial charge in [-0.15, -0.1) is 0 Å². The third-order valence-electron chi connectivity index (χ3n) is 3.28. The summed E-state index contributed by atoms with van der Waals surface area (Å²) in [6, 6.07) is 7.23. The molecule has 0 unspecified atom stereocenters. The van der Waals surface area contributed by atoms with Crippen LogP contribution < -0.4 is 15.2 Å². The van der Waals surface area contributed by atoms with Crippen LogP contribution in [0.25, 0.3) is 11.4 Å². The molecule has 1 aliphatic heterocycles. The maximum absolute atomic E-state index is 5.72. The van der Waals surface area contributed by atoms with Gasteiger partial charge in [0.25, 0.3) is 0 Å². The van der Waals surface area contributed by atoms with Crippen molar-refractivity contribution in [3.8, 4) is 22.9 Å². The number of fused-ring (bicyclic) bond motifs is 1. The molecule has 0 amide bonds. The number of aryl methyl sites for hydroxylation is 1. The van der Waals surface area contributed by atoms with Gasteiger partial charge in [0.05, 0.1) is 5.75 Å². The molecule has 0 spiro atoms. The van der Waals surface area contributed by atoms with Crippen molar-refractivity contribution in [2.24, 2.45) is 0 Å². The van der Waals surface area contributed by atoms with Crippen molar-refractivity contribution in [2.45, 2.75) is 17.8 Å². The minimum absolute atomic E-state index is 0.229. The van der Waals surface area contributed by atoms with Crippen molar-refractivity contribution in [3.05, 3.63) is 35.9 Å². The number of hydrogen-bond donors (Lipinski definition) is 1. The maximum Gasteiger partial charge on any atom is 0.237 e. The lowest BCUT2D eigenvalue weighted by Gasteiger charge is -2.00. The minimum atomic E-state index is 0.229. The highest BCUT2D eigenvalue weighted by atomic mass is 32.2. The normalized spacial score (nSPS) is 12.5. The molecule has 8 nitrogen and oxygen atoms in total. The average Bonchev–Trinajstić information content (AvgIpc) is 3.20. The Morgan fingerprint density at radius 3 is 2.88 bits per heavy atom. The number of nitrogens with zero attached hydrogens (tertiary/aromatic N) is 4. The van der Waals surface area contributed by atoms with Crippen LogP contribution in [-0.4, -0.2) is 26.9 Å². The van der Waals surface area contributed by atoms with Gasteiger partial charge >= 0.3 is 0 Å². The van der Waals surface area contributed by atoms with E-state index in [9.17, 15) is 0 Å². The smallest absolute Gasteiger partial charge is 0.237 e. The largest absolute Gasteiger partial charge is 0.454 e. The van der Waals surface area contributed by atoms with Gasteiger partial charge in [-0.05, 0) is 25.1 Å². The molecule has 24 heavy (non-hydrogen) atoms. The molecule has 4 rings (SSSR count). The Morgan fingerprint density at radius 2 is 2.00 bits per heavy atom. The van der Waals surface area contributed by atoms with Gasteiger partial charge in [-0.25, -0.2) is 9.97 Å². The van der Waals surface area contributed by atoms with E-state index in [4.69, 9.17) is 19.7 Å². The summed E-state index contributed by atoms with van der Waals surface area (Å²) >= 11 is 1.39. The Balaban J connectivity index is 1.48. The molecule has 3 aromatic rings. The topological polar surface area (TPSA) is 109 Å². The summed E-state index contributed by atoms with van der Waals surface area (Å²) in [7, 11) is 0. The molecular weight excluding hydrogens is 330 g/mol. The molecular formula is C15H13N5O3S. The van der Waals surface area contributed by atoms with Gasteiger partial charge in [-0.1, -0.05) is 16.9 Å². The number of nitrogens with two attached hydrogens (primary N) is 1. The fourth-order valence-corrected chi connectivity index (χ4v) is 2.97. The van der Waals surface area contributed by atoms with Crippen molar-refractivity contribution in [1.82, 2.24) is 20.1 Å². The van der Waals surface area contributed by atoms with Crippen LogP contribution in [-0.2, 0) is 5.75 Å². The van der Waals surface area contributed by atoms with E-state index < -0.39 is 0 Å². The van der Waals surface area contributed by atoms with E-state index in [0.29, 0.717) is 39.9 Å². The first-order valence-corrected chi connectivity index (χ1v) is 8.12. The van der Waals surface area contributed by atoms with Crippen LogP contribution in [0, 0.1) is 6.92 Å². The van der Waals surface area contributed by atoms with Crippen molar-refractivity contribution < 1.29 is 14.0 Å². The Bertz CT molecular complexity index is 878. The van der Waals surface area contributed by atoms with Gasteiger partial charge < -0.3 is 19.7 Å². The van der Waals surface area contributed by atoms with Gasteiger partial charge in [-0.3, -0.25) is 0 Å². The van der Waals surface area contributed by atoms with E-state index in [1.165, 1.54) is 11.8 Å². The average molecular weight is 343 g/mol. The first kappa shape index (κ1) is 14.8. The Hall–Kier alpha value is -2.81. The number of rotatable bonds is 4. The Kier molecular flexibility index (Phi) is 3.69. The second-order valence-corrected chi connectivity index (χ2v) is 6.03. The van der Waals surface area contributed by atoms with Gasteiger partial charge in [-0.2, -0.15) is 4.98 Å². The van der Waals surface area contributed by atoms with Crippen LogP contribution >= 0.6 is 11.8 Å². The molecule has 3 heterocycles. The van der Waals surface area contributed by atoms with Gasteiger partial charge in [0.2, 0.25) is 18.5 Å². The van der Waals surface area contributed by atoms with Crippen LogP contribution in [0.5, 0.6) is 11.5 Å². The number of thioether (sulfide) groups is 1. The number of anilines is 1. The van der Waals surface area contributed by atoms with E-state index in [0.717, 1.165) is 11.3 Å². The van der Waals surface area contributed by atoms with E-state index in [1.54, 1.807) is 6.07 Å². The predicted octanol–water partition coefficient (Wildman–Crippen LogP) is 2.44. The lowest BCUT2D eigenvalue weighted by molar-refractivity contribution is 0.174. The molecule has 0 radical (unpaired) electrons. The van der Waals surface area contributed by atoms with Crippen LogP contribution in [0.2, 0.25) is 0 Å². The number of nitrogen functional groups attached to an aromatic ring is 1. The fraction of sp³-hybridized carbons (Fsp3) is 0.200. The molecule has 1 aliphatic rings. The summed E-state index contributed by atoms with van der Waals surface area (Å²) in [5.41, 5.74) is 7.33. The zero-order valence-corrected chi connectivity index (χ0v) is 13.5. The zero-order valence-electron chi connectivity index (χ0n) is 12.7. The van der Waals surface area contributed by atoms with Gasteiger partial charge in [0.1, 0.15) is 5.82 Å². The summed E-state index contributed by atoms with van der Waals surface area (Å²) in [5, 5.41) is 4.58. The first-order chi connectivity index (χ1) is 11.7. The van der Waals surface area contributed by atoms with Crippen LogP contribution in [0.1, 0.15) is 11.6 Å². The van der Waals surface area contributed by atoms with Crippen LogP contribution in [0.4, 0.5) is 5.82 Å². The van der Waals surface area contributed by atoms with E-state index >= 15 is 0 Å². The summed E-state index contributed by atoms with van der Waals surface area (Å²) < 4.78 is 15.9. The molecule has 2 N–H and O–H groups in total. The van der Waals surface area contributed by atoms with Crippen molar-refractivity contribution in [2.75, 3.05) is 12.5 Å². The minimum Gasteiger partial charge on any atom is -0.454 e. The molecule has 122 valence electrons. The lowest BCUT2D eigenvalue weighted by atomic mass is 10.2. The molecule has 0 bridgehead atoms. The van der Waals surface area contributed by atoms with Crippen molar-refractivity contribution in [1.29, 1.82) is 0 Å².